The second-order valence-corrected chi connectivity index (χ2v) is 8.55. The van der Waals surface area contributed by atoms with Crippen molar-refractivity contribution in [3.05, 3.63) is 27.9 Å². The molecule has 0 bridgehead atoms. The van der Waals surface area contributed by atoms with Gasteiger partial charge in [0.05, 0.1) is 15.1 Å². The topological polar surface area (TPSA) is 114 Å². The summed E-state index contributed by atoms with van der Waals surface area (Å²) in [6.45, 7) is 0.843. The predicted octanol–water partition coefficient (Wildman–Crippen LogP) is 0.227. The Morgan fingerprint density at radius 1 is 1.25 bits per heavy atom. The molecule has 1 aliphatic heterocycles. The number of nitrogens with one attached hydrogen (secondary N) is 1. The monoisotopic (exact) mass is 370 g/mol. The molecule has 8 nitrogen and oxygen atoms in total. The molecule has 3 N–H and O–H groups in total. The number of carbonyl (C=O) groups is 1. The van der Waals surface area contributed by atoms with Gasteiger partial charge in [-0.1, -0.05) is 17.8 Å². The molecule has 0 aliphatic carbocycles. The van der Waals surface area contributed by atoms with Gasteiger partial charge in [0.1, 0.15) is 6.54 Å². The minimum Gasteiger partial charge on any atom is -0.293 e. The van der Waals surface area contributed by atoms with E-state index in [2.05, 4.69) is 0 Å². The lowest BCUT2D eigenvalue weighted by Gasteiger charge is -2.25. The van der Waals surface area contributed by atoms with Gasteiger partial charge < -0.3 is 0 Å². The van der Waals surface area contributed by atoms with Crippen molar-refractivity contribution >= 4 is 37.5 Å². The van der Waals surface area contributed by atoms with E-state index >= 15 is 0 Å². The van der Waals surface area contributed by atoms with Crippen LogP contribution in [0.15, 0.2) is 27.9 Å². The van der Waals surface area contributed by atoms with E-state index in [4.69, 9.17) is 5.84 Å². The molecule has 10 heteroatoms. The zero-order valence-corrected chi connectivity index (χ0v) is 14.5. The summed E-state index contributed by atoms with van der Waals surface area (Å²) >= 11 is 0.912. The lowest BCUT2D eigenvalue weighted by Crippen LogP contribution is -2.35. The molecule has 3 rings (SSSR count). The van der Waals surface area contributed by atoms with E-state index in [0.717, 1.165) is 30.6 Å². The number of nitrogens with two attached hydrogens (primary N) is 1. The number of thiazole rings is 1. The number of hydrogen-bond acceptors (Lipinski definition) is 6. The van der Waals surface area contributed by atoms with Gasteiger partial charge in [0, 0.05) is 13.1 Å². The first kappa shape index (κ1) is 17.1. The van der Waals surface area contributed by atoms with Crippen molar-refractivity contribution in [1.29, 1.82) is 0 Å². The van der Waals surface area contributed by atoms with Crippen LogP contribution >= 0.6 is 11.3 Å². The van der Waals surface area contributed by atoms with Gasteiger partial charge in [-0.25, -0.2) is 14.3 Å². The summed E-state index contributed by atoms with van der Waals surface area (Å²) in [6.07, 6.45) is 2.76. The third-order valence-corrected chi connectivity index (χ3v) is 6.89. The first-order valence-corrected chi connectivity index (χ1v) is 9.82. The highest BCUT2D eigenvalue weighted by Crippen LogP contribution is 2.25. The number of nitrogens with zero attached hydrogens (tertiary/aromatic N) is 2. The van der Waals surface area contributed by atoms with E-state index < -0.39 is 15.9 Å². The van der Waals surface area contributed by atoms with Gasteiger partial charge in [0.25, 0.3) is 5.91 Å². The zero-order valence-electron chi connectivity index (χ0n) is 12.9. The van der Waals surface area contributed by atoms with Crippen molar-refractivity contribution in [1.82, 2.24) is 14.3 Å². The maximum Gasteiger partial charge on any atom is 0.308 e. The summed E-state index contributed by atoms with van der Waals surface area (Å²) in [5.41, 5.74) is 2.50. The normalized spacial score (nSPS) is 16.4. The number of sulfonamides is 1. The Morgan fingerprint density at radius 3 is 2.62 bits per heavy atom. The van der Waals surface area contributed by atoms with E-state index in [9.17, 15) is 18.0 Å². The molecule has 0 saturated carbocycles. The fourth-order valence-corrected chi connectivity index (χ4v) is 5.35. The molecule has 0 spiro atoms. The Kier molecular flexibility index (Phi) is 4.72. The van der Waals surface area contributed by atoms with Gasteiger partial charge in [0.2, 0.25) is 10.0 Å². The highest BCUT2D eigenvalue weighted by Gasteiger charge is 2.26. The Morgan fingerprint density at radius 2 is 1.96 bits per heavy atom. The van der Waals surface area contributed by atoms with Crippen LogP contribution in [0.5, 0.6) is 0 Å². The molecule has 130 valence electrons. The molecular formula is C14H18N4O4S2. The Bertz CT molecular complexity index is 926. The largest absolute Gasteiger partial charge is 0.308 e. The standard InChI is InChI=1S/C14H18N4O4S2/c15-16-13(19)9-18-11-5-4-10(8-12(11)23-14(18)20)24(21,22)17-6-2-1-3-7-17/h4-5,8H,1-3,6-7,9,15H2,(H,16,19). The molecule has 2 aromatic rings. The van der Waals surface area contributed by atoms with E-state index in [-0.39, 0.29) is 16.3 Å². The van der Waals surface area contributed by atoms with Gasteiger partial charge in [0.15, 0.2) is 0 Å². The number of fused-ring (bicyclic) bond motifs is 1. The molecule has 0 radical (unpaired) electrons. The van der Waals surface area contributed by atoms with Crippen LogP contribution in [0.1, 0.15) is 19.3 Å². The third-order valence-electron chi connectivity index (χ3n) is 4.06. The van der Waals surface area contributed by atoms with Crippen LogP contribution in [-0.4, -0.2) is 36.3 Å². The van der Waals surface area contributed by atoms with E-state index in [1.165, 1.54) is 21.0 Å². The van der Waals surface area contributed by atoms with E-state index in [0.29, 0.717) is 23.3 Å². The average molecular weight is 370 g/mol. The third kappa shape index (κ3) is 3.09. The van der Waals surface area contributed by atoms with Gasteiger partial charge in [-0.2, -0.15) is 4.31 Å². The van der Waals surface area contributed by atoms with Crippen LogP contribution in [-0.2, 0) is 21.4 Å². The number of piperidine rings is 1. The van der Waals surface area contributed by atoms with Gasteiger partial charge >= 0.3 is 4.87 Å². The first-order valence-electron chi connectivity index (χ1n) is 7.56. The molecule has 1 fully saturated rings. The summed E-state index contributed by atoms with van der Waals surface area (Å²) in [6, 6.07) is 4.55. The minimum atomic E-state index is -3.56. The highest BCUT2D eigenvalue weighted by molar-refractivity contribution is 7.89. The highest BCUT2D eigenvalue weighted by atomic mass is 32.2. The number of rotatable bonds is 4. The molecular weight excluding hydrogens is 352 g/mol. The fourth-order valence-electron chi connectivity index (χ4n) is 2.80. The maximum atomic E-state index is 12.7. The molecule has 2 heterocycles. The molecule has 1 amide bonds. The lowest BCUT2D eigenvalue weighted by atomic mass is 10.2. The fraction of sp³-hybridized carbons (Fsp3) is 0.429. The molecule has 1 aromatic heterocycles. The van der Waals surface area contributed by atoms with Crippen LogP contribution in [0, 0.1) is 0 Å². The van der Waals surface area contributed by atoms with Crippen molar-refractivity contribution in [2.75, 3.05) is 13.1 Å². The number of carbonyl (C=O) groups excluding carboxylic acids is 1. The summed E-state index contributed by atoms with van der Waals surface area (Å²) in [5, 5.41) is 0. The zero-order chi connectivity index (χ0) is 17.3. The summed E-state index contributed by atoms with van der Waals surface area (Å²) in [7, 11) is -3.56. The number of benzene rings is 1. The van der Waals surface area contributed by atoms with Crippen molar-refractivity contribution in [2.24, 2.45) is 5.84 Å². The quantitative estimate of drug-likeness (QED) is 0.454. The molecule has 1 aliphatic rings. The number of aromatic nitrogens is 1. The Labute approximate surface area is 142 Å². The Balaban J connectivity index is 2.00. The predicted molar refractivity (Wildman–Crippen MR) is 91.0 cm³/mol. The van der Waals surface area contributed by atoms with Crippen molar-refractivity contribution in [3.8, 4) is 0 Å². The van der Waals surface area contributed by atoms with Gasteiger partial charge in [-0.15, -0.1) is 0 Å². The van der Waals surface area contributed by atoms with Gasteiger partial charge in [-0.3, -0.25) is 19.6 Å². The van der Waals surface area contributed by atoms with Crippen molar-refractivity contribution < 1.29 is 13.2 Å². The maximum absolute atomic E-state index is 12.7. The van der Waals surface area contributed by atoms with Crippen LogP contribution in [0.4, 0.5) is 0 Å². The lowest BCUT2D eigenvalue weighted by molar-refractivity contribution is -0.121. The summed E-state index contributed by atoms with van der Waals surface area (Å²) < 4.78 is 28.7. The minimum absolute atomic E-state index is 0.175. The molecule has 0 atom stereocenters. The number of hydrazine groups is 1. The summed E-state index contributed by atoms with van der Waals surface area (Å²) in [4.78, 5) is 23.3. The molecule has 0 unspecified atom stereocenters. The second kappa shape index (κ2) is 6.63. The second-order valence-electron chi connectivity index (χ2n) is 5.62. The van der Waals surface area contributed by atoms with Crippen molar-refractivity contribution in [3.63, 3.8) is 0 Å². The molecule has 1 aromatic carbocycles. The molecule has 1 saturated heterocycles. The van der Waals surface area contributed by atoms with Crippen LogP contribution in [0.2, 0.25) is 0 Å². The smallest absolute Gasteiger partial charge is 0.293 e. The SMILES string of the molecule is NNC(=O)Cn1c(=O)sc2cc(S(=O)(=O)N3CCCCC3)ccc21. The van der Waals surface area contributed by atoms with Crippen LogP contribution in [0.3, 0.4) is 0 Å². The van der Waals surface area contributed by atoms with Crippen LogP contribution < -0.4 is 16.1 Å². The van der Waals surface area contributed by atoms with E-state index in [1.54, 1.807) is 6.07 Å². The van der Waals surface area contributed by atoms with Gasteiger partial charge in [-0.05, 0) is 31.0 Å². The van der Waals surface area contributed by atoms with E-state index in [1.807, 2.05) is 5.43 Å². The first-order chi connectivity index (χ1) is 11.4. The Hall–Kier alpha value is -1.75. The molecule has 24 heavy (non-hydrogen) atoms. The number of amides is 1. The summed E-state index contributed by atoms with van der Waals surface area (Å²) in [5.74, 6) is 4.55. The van der Waals surface area contributed by atoms with Crippen molar-refractivity contribution in [2.45, 2.75) is 30.7 Å². The van der Waals surface area contributed by atoms with Crippen LogP contribution in [0.25, 0.3) is 10.2 Å². The number of hydrogen-bond donors (Lipinski definition) is 2. The average Bonchev–Trinajstić information content (AvgIpc) is 2.90.